The number of hydrogen-bond acceptors (Lipinski definition) is 8. The molecular weight excluding hydrogens is 436 g/mol. The van der Waals surface area contributed by atoms with Crippen LogP contribution in [0.25, 0.3) is 17.2 Å². The van der Waals surface area contributed by atoms with E-state index in [2.05, 4.69) is 10.3 Å². The molecule has 0 spiro atoms. The van der Waals surface area contributed by atoms with Gasteiger partial charge in [-0.05, 0) is 54.1 Å². The third-order valence-electron chi connectivity index (χ3n) is 5.13. The summed E-state index contributed by atoms with van der Waals surface area (Å²) in [6.45, 7) is 0. The fourth-order valence-electron chi connectivity index (χ4n) is 3.47. The molecule has 1 heterocycles. The molecule has 8 heteroatoms. The third kappa shape index (κ3) is 4.66. The molecule has 1 N–H and O–H groups in total. The van der Waals surface area contributed by atoms with E-state index in [0.717, 1.165) is 11.1 Å². The number of hydrogen-bond donors (Lipinski definition) is 1. The van der Waals surface area contributed by atoms with Crippen LogP contribution in [-0.2, 0) is 0 Å². The number of benzene rings is 3. The summed E-state index contributed by atoms with van der Waals surface area (Å²) in [6, 6.07) is 16.4. The minimum Gasteiger partial charge on any atom is -0.495 e. The molecule has 4 aromatic rings. The van der Waals surface area contributed by atoms with E-state index < -0.39 is 0 Å². The first-order valence-corrected chi connectivity index (χ1v) is 10.4. The largest absolute Gasteiger partial charge is 0.495 e. The van der Waals surface area contributed by atoms with Gasteiger partial charge in [-0.25, -0.2) is 0 Å². The normalized spacial score (nSPS) is 10.9. The van der Waals surface area contributed by atoms with Crippen molar-refractivity contribution in [1.82, 2.24) is 4.98 Å². The monoisotopic (exact) mass is 460 g/mol. The van der Waals surface area contributed by atoms with Gasteiger partial charge in [0.2, 0.25) is 5.75 Å². The number of allylic oxidation sites excluding steroid dienone is 1. The number of carbonyl (C=O) groups excluding carboxylic acids is 1. The lowest BCUT2D eigenvalue weighted by atomic mass is 10.1. The molecule has 0 aliphatic heterocycles. The Hall–Kier alpha value is -4.46. The van der Waals surface area contributed by atoms with E-state index in [4.69, 9.17) is 23.4 Å². The van der Waals surface area contributed by atoms with Gasteiger partial charge in [-0.1, -0.05) is 18.2 Å². The van der Waals surface area contributed by atoms with E-state index in [1.807, 2.05) is 24.3 Å². The minimum atomic E-state index is -0.197. The van der Waals surface area contributed by atoms with E-state index in [1.54, 1.807) is 57.7 Å². The average Bonchev–Trinajstić information content (AvgIpc) is 3.28. The molecule has 174 valence electrons. The highest BCUT2D eigenvalue weighted by atomic mass is 16.5. The molecule has 0 atom stereocenters. The molecular formula is C26H24N2O6. The number of oxazole rings is 1. The minimum absolute atomic E-state index is 0.197. The van der Waals surface area contributed by atoms with Crippen LogP contribution in [0.3, 0.4) is 0 Å². The lowest BCUT2D eigenvalue weighted by Crippen LogP contribution is -2.00. The molecule has 0 saturated heterocycles. The second-order valence-electron chi connectivity index (χ2n) is 7.18. The van der Waals surface area contributed by atoms with Crippen LogP contribution in [0, 0.1) is 0 Å². The number of ether oxygens (including phenoxy) is 4. The second-order valence-corrected chi connectivity index (χ2v) is 7.18. The summed E-state index contributed by atoms with van der Waals surface area (Å²) in [6.07, 6.45) is 3.16. The smallest absolute Gasteiger partial charge is 0.300 e. The fourth-order valence-corrected chi connectivity index (χ4v) is 3.47. The van der Waals surface area contributed by atoms with Crippen molar-refractivity contribution in [3.63, 3.8) is 0 Å². The van der Waals surface area contributed by atoms with Crippen molar-refractivity contribution in [1.29, 1.82) is 0 Å². The number of carbonyl (C=O) groups is 1. The topological polar surface area (TPSA) is 92.1 Å². The fraction of sp³-hybridized carbons (Fsp3) is 0.154. The summed E-state index contributed by atoms with van der Waals surface area (Å²) < 4.78 is 27.2. The molecule has 0 saturated carbocycles. The van der Waals surface area contributed by atoms with Crippen molar-refractivity contribution < 1.29 is 28.2 Å². The number of para-hydroxylation sites is 2. The van der Waals surface area contributed by atoms with Crippen molar-refractivity contribution in [2.75, 3.05) is 33.8 Å². The third-order valence-corrected chi connectivity index (χ3v) is 5.13. The highest BCUT2D eigenvalue weighted by Crippen LogP contribution is 2.38. The summed E-state index contributed by atoms with van der Waals surface area (Å²) in [4.78, 5) is 17.3. The number of ketones is 1. The highest BCUT2D eigenvalue weighted by Gasteiger charge is 2.14. The van der Waals surface area contributed by atoms with Crippen molar-refractivity contribution in [2.24, 2.45) is 0 Å². The average molecular weight is 460 g/mol. The van der Waals surface area contributed by atoms with Crippen LogP contribution in [0.5, 0.6) is 23.0 Å². The number of anilines is 2. The van der Waals surface area contributed by atoms with Crippen LogP contribution in [0.2, 0.25) is 0 Å². The number of nitrogens with zero attached hydrogens (tertiary/aromatic N) is 1. The zero-order valence-corrected chi connectivity index (χ0v) is 19.2. The Morgan fingerprint density at radius 3 is 2.24 bits per heavy atom. The van der Waals surface area contributed by atoms with Crippen LogP contribution in [0.1, 0.15) is 15.9 Å². The Bertz CT molecular complexity index is 1300. The molecule has 1 aromatic heterocycles. The number of methoxy groups -OCH3 is 4. The molecule has 0 radical (unpaired) electrons. The first-order chi connectivity index (χ1) is 16.6. The van der Waals surface area contributed by atoms with Gasteiger partial charge in [-0.2, -0.15) is 4.98 Å². The SMILES string of the molecule is COc1ccc(C(=O)/C=C/c2cc(OC)c(OC)c(OC)c2)cc1Nc1nc2ccccc2o1. The van der Waals surface area contributed by atoms with Gasteiger partial charge in [0.15, 0.2) is 22.9 Å². The Morgan fingerprint density at radius 1 is 0.882 bits per heavy atom. The van der Waals surface area contributed by atoms with Gasteiger partial charge in [0, 0.05) is 5.56 Å². The van der Waals surface area contributed by atoms with Crippen LogP contribution in [-0.4, -0.2) is 39.2 Å². The first-order valence-electron chi connectivity index (χ1n) is 10.4. The maximum Gasteiger partial charge on any atom is 0.300 e. The summed E-state index contributed by atoms with van der Waals surface area (Å²) in [5.41, 5.74) is 3.12. The maximum atomic E-state index is 12.9. The zero-order valence-electron chi connectivity index (χ0n) is 19.2. The Morgan fingerprint density at radius 2 is 1.59 bits per heavy atom. The van der Waals surface area contributed by atoms with Crippen LogP contribution < -0.4 is 24.3 Å². The first kappa shape index (κ1) is 22.7. The molecule has 0 unspecified atom stereocenters. The van der Waals surface area contributed by atoms with E-state index in [1.165, 1.54) is 13.2 Å². The quantitative estimate of drug-likeness (QED) is 0.259. The molecule has 4 rings (SSSR count). The zero-order chi connectivity index (χ0) is 24.1. The van der Waals surface area contributed by atoms with Gasteiger partial charge in [0.05, 0.1) is 34.1 Å². The van der Waals surface area contributed by atoms with Gasteiger partial charge in [0.25, 0.3) is 6.01 Å². The number of nitrogens with one attached hydrogen (secondary N) is 1. The Labute approximate surface area is 196 Å². The van der Waals surface area contributed by atoms with Crippen LogP contribution >= 0.6 is 0 Å². The predicted molar refractivity (Wildman–Crippen MR) is 130 cm³/mol. The van der Waals surface area contributed by atoms with Gasteiger partial charge >= 0.3 is 0 Å². The molecule has 3 aromatic carbocycles. The lowest BCUT2D eigenvalue weighted by Gasteiger charge is -2.12. The molecule has 0 aliphatic rings. The Balaban J connectivity index is 1.59. The molecule has 8 nitrogen and oxygen atoms in total. The second kappa shape index (κ2) is 9.99. The summed E-state index contributed by atoms with van der Waals surface area (Å²) in [5.74, 6) is 1.84. The molecule has 0 fully saturated rings. The van der Waals surface area contributed by atoms with E-state index >= 15 is 0 Å². The van der Waals surface area contributed by atoms with Crippen molar-refractivity contribution >= 4 is 34.7 Å². The van der Waals surface area contributed by atoms with Crippen LogP contribution in [0.4, 0.5) is 11.7 Å². The predicted octanol–water partition coefficient (Wildman–Crippen LogP) is 5.50. The van der Waals surface area contributed by atoms with Crippen molar-refractivity contribution in [3.8, 4) is 23.0 Å². The van der Waals surface area contributed by atoms with Crippen molar-refractivity contribution in [3.05, 3.63) is 71.8 Å². The molecule has 0 aliphatic carbocycles. The number of fused-ring (bicyclic) bond motifs is 1. The Kier molecular flexibility index (Phi) is 6.68. The summed E-state index contributed by atoms with van der Waals surface area (Å²) >= 11 is 0. The standard InChI is InChI=1S/C26H24N2O6/c1-30-21-12-10-17(15-19(21)28-26-27-18-7-5-6-8-22(18)34-26)20(29)11-9-16-13-23(31-2)25(33-4)24(14-16)32-3/h5-15H,1-4H3,(H,27,28)/b11-9+. The highest BCUT2D eigenvalue weighted by molar-refractivity contribution is 6.07. The number of rotatable bonds is 9. The lowest BCUT2D eigenvalue weighted by molar-refractivity contribution is 0.104. The number of aromatic nitrogens is 1. The molecule has 0 amide bonds. The molecule has 0 bridgehead atoms. The van der Waals surface area contributed by atoms with E-state index in [0.29, 0.717) is 45.8 Å². The van der Waals surface area contributed by atoms with Gasteiger partial charge in [-0.3, -0.25) is 4.79 Å². The van der Waals surface area contributed by atoms with E-state index in [9.17, 15) is 4.79 Å². The van der Waals surface area contributed by atoms with Gasteiger partial charge in [-0.15, -0.1) is 0 Å². The van der Waals surface area contributed by atoms with Gasteiger partial charge < -0.3 is 28.7 Å². The summed E-state index contributed by atoms with van der Waals surface area (Å²) in [7, 11) is 6.17. The van der Waals surface area contributed by atoms with Crippen molar-refractivity contribution in [2.45, 2.75) is 0 Å². The summed E-state index contributed by atoms with van der Waals surface area (Å²) in [5, 5.41) is 3.10. The van der Waals surface area contributed by atoms with E-state index in [-0.39, 0.29) is 5.78 Å². The maximum absolute atomic E-state index is 12.9. The van der Waals surface area contributed by atoms with Crippen LogP contribution in [0.15, 0.2) is 65.1 Å². The molecule has 34 heavy (non-hydrogen) atoms. The van der Waals surface area contributed by atoms with Gasteiger partial charge in [0.1, 0.15) is 11.3 Å².